The highest BCUT2D eigenvalue weighted by molar-refractivity contribution is 9.10. The molecule has 1 aliphatic heterocycles. The molecule has 1 atom stereocenters. The normalized spacial score (nSPS) is 18.5. The van der Waals surface area contributed by atoms with Gasteiger partial charge in [0.15, 0.2) is 15.7 Å². The van der Waals surface area contributed by atoms with Crippen LogP contribution in [0.4, 0.5) is 4.39 Å². The van der Waals surface area contributed by atoms with Crippen LogP contribution in [-0.2, 0) is 14.6 Å². The lowest BCUT2D eigenvalue weighted by atomic mass is 10.1. The van der Waals surface area contributed by atoms with Crippen molar-refractivity contribution in [3.05, 3.63) is 28.0 Å². The third-order valence-corrected chi connectivity index (χ3v) is 4.99. The van der Waals surface area contributed by atoms with Gasteiger partial charge in [-0.05, 0) is 25.0 Å². The number of sulfone groups is 1. The zero-order chi connectivity index (χ0) is 16.7. The van der Waals surface area contributed by atoms with Gasteiger partial charge < -0.3 is 10.0 Å². The Hall–Kier alpha value is -1.48. The van der Waals surface area contributed by atoms with Gasteiger partial charge in [0.1, 0.15) is 10.9 Å². The van der Waals surface area contributed by atoms with E-state index in [1.54, 1.807) is 0 Å². The lowest BCUT2D eigenvalue weighted by molar-refractivity contribution is -0.141. The Kier molecular flexibility index (Phi) is 4.57. The average Bonchev–Trinajstić information content (AvgIpc) is 2.88. The molecule has 0 bridgehead atoms. The number of rotatable bonds is 3. The molecule has 1 N–H and O–H groups in total. The van der Waals surface area contributed by atoms with E-state index in [0.29, 0.717) is 6.42 Å². The fourth-order valence-electron chi connectivity index (χ4n) is 2.41. The van der Waals surface area contributed by atoms with Crippen LogP contribution in [0.25, 0.3) is 0 Å². The SMILES string of the molecule is CS(=O)(=O)c1cc(Br)cc(C(=O)N2CCC[C@H]2C(=O)O)c1F. The molecule has 0 unspecified atom stereocenters. The van der Waals surface area contributed by atoms with E-state index < -0.39 is 44.0 Å². The third-order valence-electron chi connectivity index (χ3n) is 3.43. The van der Waals surface area contributed by atoms with E-state index in [0.717, 1.165) is 23.3 Å². The zero-order valence-electron chi connectivity index (χ0n) is 11.5. The van der Waals surface area contributed by atoms with Crippen molar-refractivity contribution >= 4 is 37.6 Å². The second-order valence-corrected chi connectivity index (χ2v) is 7.93. The predicted octanol–water partition coefficient (Wildman–Crippen LogP) is 1.68. The standard InChI is InChI=1S/C13H13BrFNO5S/c1-22(20,21)10-6-7(14)5-8(11(10)15)12(17)16-4-2-3-9(16)13(18)19/h5-6,9H,2-4H2,1H3,(H,18,19)/t9-/m0/s1. The summed E-state index contributed by atoms with van der Waals surface area (Å²) in [5.74, 6) is -3.15. The predicted molar refractivity (Wildman–Crippen MR) is 78.9 cm³/mol. The second kappa shape index (κ2) is 5.96. The van der Waals surface area contributed by atoms with Gasteiger partial charge in [-0.2, -0.15) is 0 Å². The van der Waals surface area contributed by atoms with Crippen LogP contribution in [0.5, 0.6) is 0 Å². The summed E-state index contributed by atoms with van der Waals surface area (Å²) in [6.45, 7) is 0.190. The van der Waals surface area contributed by atoms with Crippen molar-refractivity contribution in [2.24, 2.45) is 0 Å². The Morgan fingerprint density at radius 3 is 2.59 bits per heavy atom. The number of nitrogens with zero attached hydrogens (tertiary/aromatic N) is 1. The van der Waals surface area contributed by atoms with Gasteiger partial charge in [0.25, 0.3) is 5.91 Å². The van der Waals surface area contributed by atoms with E-state index in [1.807, 2.05) is 0 Å². The first kappa shape index (κ1) is 16.9. The van der Waals surface area contributed by atoms with Crippen LogP contribution in [0, 0.1) is 5.82 Å². The molecule has 6 nitrogen and oxygen atoms in total. The number of benzene rings is 1. The number of carboxylic acids is 1. The zero-order valence-corrected chi connectivity index (χ0v) is 13.9. The maximum Gasteiger partial charge on any atom is 0.326 e. The maximum atomic E-state index is 14.4. The molecule has 0 aromatic heterocycles. The van der Waals surface area contributed by atoms with Crippen LogP contribution >= 0.6 is 15.9 Å². The fourth-order valence-corrected chi connectivity index (χ4v) is 3.80. The van der Waals surface area contributed by atoms with E-state index in [-0.39, 0.29) is 17.4 Å². The number of likely N-dealkylation sites (tertiary alicyclic amines) is 1. The molecule has 0 radical (unpaired) electrons. The van der Waals surface area contributed by atoms with Crippen molar-refractivity contribution in [3.8, 4) is 0 Å². The Morgan fingerprint density at radius 2 is 2.05 bits per heavy atom. The Balaban J connectivity index is 2.51. The van der Waals surface area contributed by atoms with E-state index in [1.165, 1.54) is 0 Å². The van der Waals surface area contributed by atoms with Gasteiger partial charge >= 0.3 is 5.97 Å². The number of carboxylic acid groups (broad SMARTS) is 1. The molecule has 9 heteroatoms. The van der Waals surface area contributed by atoms with Gasteiger partial charge in [0.05, 0.1) is 5.56 Å². The molecule has 22 heavy (non-hydrogen) atoms. The van der Waals surface area contributed by atoms with Gasteiger partial charge in [-0.3, -0.25) is 4.79 Å². The summed E-state index contributed by atoms with van der Waals surface area (Å²) in [6, 6.07) is 1.21. The van der Waals surface area contributed by atoms with Gasteiger partial charge in [0.2, 0.25) is 0 Å². The number of carbonyl (C=O) groups is 2. The van der Waals surface area contributed by atoms with Crippen LogP contribution in [0.15, 0.2) is 21.5 Å². The molecule has 120 valence electrons. The van der Waals surface area contributed by atoms with Crippen molar-refractivity contribution in [1.29, 1.82) is 0 Å². The summed E-state index contributed by atoms with van der Waals surface area (Å²) >= 11 is 3.04. The van der Waals surface area contributed by atoms with Crippen molar-refractivity contribution in [2.75, 3.05) is 12.8 Å². The minimum absolute atomic E-state index is 0.190. The van der Waals surface area contributed by atoms with Crippen molar-refractivity contribution in [1.82, 2.24) is 4.90 Å². The highest BCUT2D eigenvalue weighted by atomic mass is 79.9. The summed E-state index contributed by atoms with van der Waals surface area (Å²) in [5, 5.41) is 9.09. The Labute approximate surface area is 135 Å². The van der Waals surface area contributed by atoms with E-state index >= 15 is 0 Å². The van der Waals surface area contributed by atoms with Crippen LogP contribution in [0.3, 0.4) is 0 Å². The lowest BCUT2D eigenvalue weighted by Gasteiger charge is -2.22. The van der Waals surface area contributed by atoms with E-state index in [4.69, 9.17) is 5.11 Å². The molecule has 1 amide bonds. The smallest absolute Gasteiger partial charge is 0.326 e. The minimum atomic E-state index is -3.86. The largest absolute Gasteiger partial charge is 0.480 e. The van der Waals surface area contributed by atoms with Gasteiger partial charge in [-0.15, -0.1) is 0 Å². The highest BCUT2D eigenvalue weighted by Gasteiger charge is 2.36. The lowest BCUT2D eigenvalue weighted by Crippen LogP contribution is -2.40. The molecule has 1 heterocycles. The Morgan fingerprint density at radius 1 is 1.41 bits per heavy atom. The summed E-state index contributed by atoms with van der Waals surface area (Å²) in [6.07, 6.45) is 1.62. The van der Waals surface area contributed by atoms with Crippen LogP contribution in [-0.4, -0.2) is 49.1 Å². The average molecular weight is 394 g/mol. The number of amides is 1. The molecule has 1 fully saturated rings. The molecular formula is C13H13BrFNO5S. The molecule has 1 aromatic rings. The summed E-state index contributed by atoms with van der Waals surface area (Å²) in [4.78, 5) is 24.0. The summed E-state index contributed by atoms with van der Waals surface area (Å²) in [5.41, 5.74) is -0.456. The van der Waals surface area contributed by atoms with Gasteiger partial charge in [-0.25, -0.2) is 17.6 Å². The van der Waals surface area contributed by atoms with Crippen molar-refractivity contribution in [2.45, 2.75) is 23.8 Å². The first-order valence-electron chi connectivity index (χ1n) is 6.36. The van der Waals surface area contributed by atoms with Crippen LogP contribution in [0.2, 0.25) is 0 Å². The van der Waals surface area contributed by atoms with Crippen molar-refractivity contribution < 1.29 is 27.5 Å². The van der Waals surface area contributed by atoms with Crippen LogP contribution < -0.4 is 0 Å². The first-order chi connectivity index (χ1) is 10.1. The number of hydrogen-bond acceptors (Lipinski definition) is 4. The molecular weight excluding hydrogens is 381 g/mol. The van der Waals surface area contributed by atoms with Gasteiger partial charge in [0, 0.05) is 17.3 Å². The summed E-state index contributed by atoms with van der Waals surface area (Å²) < 4.78 is 37.8. The van der Waals surface area contributed by atoms with Crippen molar-refractivity contribution in [3.63, 3.8) is 0 Å². The third kappa shape index (κ3) is 3.14. The quantitative estimate of drug-likeness (QED) is 0.843. The molecule has 0 aliphatic carbocycles. The molecule has 1 saturated heterocycles. The first-order valence-corrected chi connectivity index (χ1v) is 9.04. The highest BCUT2D eigenvalue weighted by Crippen LogP contribution is 2.27. The second-order valence-electron chi connectivity index (χ2n) is 5.03. The number of halogens is 2. The monoisotopic (exact) mass is 393 g/mol. The minimum Gasteiger partial charge on any atom is -0.480 e. The van der Waals surface area contributed by atoms with Gasteiger partial charge in [-0.1, -0.05) is 15.9 Å². The van der Waals surface area contributed by atoms with E-state index in [9.17, 15) is 22.4 Å². The van der Waals surface area contributed by atoms with Crippen LogP contribution in [0.1, 0.15) is 23.2 Å². The summed E-state index contributed by atoms with van der Waals surface area (Å²) in [7, 11) is -3.86. The number of carbonyl (C=O) groups excluding carboxylic acids is 1. The molecule has 1 aromatic carbocycles. The molecule has 2 rings (SSSR count). The topological polar surface area (TPSA) is 91.8 Å². The molecule has 0 spiro atoms. The Bertz CT molecular complexity index is 749. The number of hydrogen-bond donors (Lipinski definition) is 1. The maximum absolute atomic E-state index is 14.4. The van der Waals surface area contributed by atoms with E-state index in [2.05, 4.69) is 15.9 Å². The molecule has 1 aliphatic rings. The fraction of sp³-hybridized carbons (Fsp3) is 0.385. The number of aliphatic carboxylic acids is 1. The molecule has 0 saturated carbocycles.